The van der Waals surface area contributed by atoms with Crippen molar-refractivity contribution in [3.63, 3.8) is 0 Å². The lowest BCUT2D eigenvalue weighted by atomic mass is 9.98. The minimum atomic E-state index is -0.494. The zero-order chi connectivity index (χ0) is 21.8. The molecule has 2 atom stereocenters. The van der Waals surface area contributed by atoms with E-state index in [0.29, 0.717) is 31.5 Å². The van der Waals surface area contributed by atoms with E-state index in [9.17, 15) is 14.4 Å². The molecule has 2 aromatic carbocycles. The van der Waals surface area contributed by atoms with Crippen LogP contribution in [0.4, 0.5) is 4.79 Å². The molecule has 0 radical (unpaired) electrons. The number of hydrogen-bond acceptors (Lipinski definition) is 4. The van der Waals surface area contributed by atoms with Crippen molar-refractivity contribution in [2.45, 2.75) is 37.5 Å². The van der Waals surface area contributed by atoms with Crippen LogP contribution in [0.25, 0.3) is 10.9 Å². The smallest absolute Gasteiger partial charge is 0.411 e. The molecule has 1 aromatic heterocycles. The Morgan fingerprint density at radius 3 is 2.59 bits per heavy atom. The number of aromatic amines is 1. The number of nitrogens with one attached hydrogen (secondary N) is 1. The zero-order valence-corrected chi connectivity index (χ0v) is 17.5. The van der Waals surface area contributed by atoms with Crippen LogP contribution in [0.1, 0.15) is 40.4 Å². The minimum Gasteiger partial charge on any atom is -0.443 e. The van der Waals surface area contributed by atoms with Crippen LogP contribution in [0, 0.1) is 0 Å². The highest BCUT2D eigenvalue weighted by atomic mass is 16.6. The van der Waals surface area contributed by atoms with E-state index in [-0.39, 0.29) is 24.3 Å². The maximum absolute atomic E-state index is 12.9. The molecule has 7 nitrogen and oxygen atoms in total. The van der Waals surface area contributed by atoms with Crippen LogP contribution < -0.4 is 0 Å². The van der Waals surface area contributed by atoms with Gasteiger partial charge in [-0.25, -0.2) is 4.79 Å². The minimum absolute atomic E-state index is 0.00380. The fourth-order valence-electron chi connectivity index (χ4n) is 5.52. The summed E-state index contributed by atoms with van der Waals surface area (Å²) in [5, 5.41) is 0.756. The average Bonchev–Trinajstić information content (AvgIpc) is 3.49. The molecular formula is C25H23N3O4. The summed E-state index contributed by atoms with van der Waals surface area (Å²) in [6.07, 6.45) is 3.22. The number of piperidine rings is 1. The predicted molar refractivity (Wildman–Crippen MR) is 117 cm³/mol. The third-order valence-electron chi connectivity index (χ3n) is 7.08. The van der Waals surface area contributed by atoms with E-state index in [1.54, 1.807) is 11.1 Å². The van der Waals surface area contributed by atoms with Crippen LogP contribution in [0.15, 0.2) is 54.7 Å². The Balaban J connectivity index is 1.16. The second-order valence-corrected chi connectivity index (χ2v) is 8.78. The number of likely N-dealkylation sites (tertiary alicyclic amines) is 1. The first-order chi connectivity index (χ1) is 15.6. The van der Waals surface area contributed by atoms with Crippen LogP contribution >= 0.6 is 0 Å². The first-order valence-electron chi connectivity index (χ1n) is 11.1. The number of hydrogen-bond donors (Lipinski definition) is 1. The van der Waals surface area contributed by atoms with E-state index >= 15 is 0 Å². The number of nitrogens with zero attached hydrogens (tertiary/aromatic N) is 2. The second kappa shape index (κ2) is 7.22. The van der Waals surface area contributed by atoms with E-state index in [1.165, 1.54) is 5.56 Å². The zero-order valence-electron chi connectivity index (χ0n) is 17.5. The molecule has 1 aliphatic carbocycles. The van der Waals surface area contributed by atoms with Gasteiger partial charge in [-0.2, -0.15) is 0 Å². The molecule has 2 saturated heterocycles. The van der Waals surface area contributed by atoms with Crippen molar-refractivity contribution in [2.24, 2.45) is 0 Å². The van der Waals surface area contributed by atoms with Crippen molar-refractivity contribution in [3.05, 3.63) is 71.4 Å². The van der Waals surface area contributed by atoms with E-state index in [1.807, 2.05) is 41.3 Å². The standard InChI is InChI=1S/C25H23N3O4/c29-23(19-14-26-20-8-4-3-7-18(19)20)24(30)27-11-9-16(10-12-27)28-22-17-6-2-1-5-15(17)13-21(22)32-25(28)31/h1-8,14,16,21-22,26H,9-13H2/t21-,22+/m0/s1. The van der Waals surface area contributed by atoms with Crippen molar-refractivity contribution in [2.75, 3.05) is 13.1 Å². The van der Waals surface area contributed by atoms with Crippen LogP contribution in [0.2, 0.25) is 0 Å². The normalized spacial score (nSPS) is 22.7. The van der Waals surface area contributed by atoms with E-state index in [2.05, 4.69) is 17.1 Å². The van der Waals surface area contributed by atoms with E-state index in [4.69, 9.17) is 4.74 Å². The van der Waals surface area contributed by atoms with Gasteiger partial charge in [-0.05, 0) is 30.0 Å². The van der Waals surface area contributed by atoms with Crippen LogP contribution in [0.5, 0.6) is 0 Å². The Morgan fingerprint density at radius 1 is 1.00 bits per heavy atom. The molecule has 32 heavy (non-hydrogen) atoms. The number of ether oxygens (including phenoxy) is 1. The first kappa shape index (κ1) is 19.1. The quantitative estimate of drug-likeness (QED) is 0.511. The summed E-state index contributed by atoms with van der Waals surface area (Å²) in [6.45, 7) is 0.890. The SMILES string of the molecule is O=C(C(=O)N1CCC(N2C(=O)O[C@H]3Cc4ccccc4[C@H]32)CC1)c1c[nH]c2ccccc12. The number of carbonyl (C=O) groups excluding carboxylic acids is 3. The summed E-state index contributed by atoms with van der Waals surface area (Å²) in [6, 6.07) is 15.6. The maximum atomic E-state index is 12.9. The molecule has 0 bridgehead atoms. The van der Waals surface area contributed by atoms with Gasteiger partial charge < -0.3 is 14.6 Å². The summed E-state index contributed by atoms with van der Waals surface area (Å²) in [5.74, 6) is -0.979. The van der Waals surface area contributed by atoms with Gasteiger partial charge in [0.25, 0.3) is 11.7 Å². The molecule has 0 unspecified atom stereocenters. The van der Waals surface area contributed by atoms with Gasteiger partial charge in [0.1, 0.15) is 6.10 Å². The molecular weight excluding hydrogens is 406 g/mol. The lowest BCUT2D eigenvalue weighted by Crippen LogP contribution is -2.49. The summed E-state index contributed by atoms with van der Waals surface area (Å²) in [5.41, 5.74) is 3.64. The van der Waals surface area contributed by atoms with Gasteiger partial charge in [0.15, 0.2) is 0 Å². The van der Waals surface area contributed by atoms with Gasteiger partial charge in [0.05, 0.1) is 11.6 Å². The third-order valence-corrected chi connectivity index (χ3v) is 7.08. The molecule has 1 N–H and O–H groups in total. The summed E-state index contributed by atoms with van der Waals surface area (Å²) in [4.78, 5) is 45.0. The summed E-state index contributed by atoms with van der Waals surface area (Å²) in [7, 11) is 0. The molecule has 6 rings (SSSR count). The lowest BCUT2D eigenvalue weighted by Gasteiger charge is -2.37. The topological polar surface area (TPSA) is 82.7 Å². The van der Waals surface area contributed by atoms with Gasteiger partial charge in [-0.15, -0.1) is 0 Å². The fourth-order valence-corrected chi connectivity index (χ4v) is 5.52. The van der Waals surface area contributed by atoms with Crippen LogP contribution in [-0.4, -0.2) is 57.8 Å². The average molecular weight is 429 g/mol. The summed E-state index contributed by atoms with van der Waals surface area (Å²) >= 11 is 0. The Morgan fingerprint density at radius 2 is 1.75 bits per heavy atom. The molecule has 3 heterocycles. The Hall–Kier alpha value is -3.61. The molecule has 162 valence electrons. The highest BCUT2D eigenvalue weighted by molar-refractivity contribution is 6.44. The predicted octanol–water partition coefficient (Wildman–Crippen LogP) is 3.46. The van der Waals surface area contributed by atoms with Gasteiger partial charge in [-0.1, -0.05) is 42.5 Å². The molecule has 3 aliphatic rings. The number of fused-ring (bicyclic) bond motifs is 4. The van der Waals surface area contributed by atoms with Gasteiger partial charge >= 0.3 is 6.09 Å². The fraction of sp³-hybridized carbons (Fsp3) is 0.320. The first-order valence-corrected chi connectivity index (χ1v) is 11.1. The lowest BCUT2D eigenvalue weighted by molar-refractivity contribution is -0.127. The highest BCUT2D eigenvalue weighted by Crippen LogP contribution is 2.44. The maximum Gasteiger partial charge on any atom is 0.411 e. The highest BCUT2D eigenvalue weighted by Gasteiger charge is 2.50. The third kappa shape index (κ3) is 2.84. The number of benzene rings is 2. The summed E-state index contributed by atoms with van der Waals surface area (Å²) < 4.78 is 5.68. The number of ketones is 1. The molecule has 0 saturated carbocycles. The number of amides is 2. The van der Waals surface area contributed by atoms with Gasteiger partial charge in [0.2, 0.25) is 0 Å². The van der Waals surface area contributed by atoms with Crippen molar-refractivity contribution >= 4 is 28.7 Å². The number of aromatic nitrogens is 1. The Bertz CT molecular complexity index is 1240. The number of H-pyrrole nitrogens is 1. The van der Waals surface area contributed by atoms with Crippen LogP contribution in [-0.2, 0) is 16.0 Å². The van der Waals surface area contributed by atoms with Crippen molar-refractivity contribution in [1.29, 1.82) is 0 Å². The molecule has 7 heteroatoms. The van der Waals surface area contributed by atoms with Crippen molar-refractivity contribution in [3.8, 4) is 0 Å². The number of rotatable bonds is 3. The molecule has 0 spiro atoms. The second-order valence-electron chi connectivity index (χ2n) is 8.78. The van der Waals surface area contributed by atoms with Crippen molar-refractivity contribution in [1.82, 2.24) is 14.8 Å². The number of carbonyl (C=O) groups is 3. The number of Topliss-reactive ketones (excluding diaryl/α,β-unsaturated/α-hetero) is 1. The number of para-hydroxylation sites is 1. The van der Waals surface area contributed by atoms with Crippen molar-refractivity contribution < 1.29 is 19.1 Å². The van der Waals surface area contributed by atoms with Gasteiger partial charge in [-0.3, -0.25) is 14.5 Å². The van der Waals surface area contributed by atoms with E-state index < -0.39 is 11.7 Å². The molecule has 2 aliphatic heterocycles. The van der Waals surface area contributed by atoms with Gasteiger partial charge in [0, 0.05) is 42.7 Å². The largest absolute Gasteiger partial charge is 0.443 e. The van der Waals surface area contributed by atoms with Crippen LogP contribution in [0.3, 0.4) is 0 Å². The van der Waals surface area contributed by atoms with E-state index in [0.717, 1.165) is 22.9 Å². The molecule has 2 fully saturated rings. The Kier molecular flexibility index (Phi) is 4.31. The monoisotopic (exact) mass is 429 g/mol. The molecule has 3 aromatic rings. The molecule has 2 amide bonds. The Labute approximate surface area is 184 Å².